The lowest BCUT2D eigenvalue weighted by Gasteiger charge is -2.09. The molecule has 0 atom stereocenters. The summed E-state index contributed by atoms with van der Waals surface area (Å²) in [5, 5.41) is 3.85. The van der Waals surface area contributed by atoms with Crippen LogP contribution < -0.4 is 15.3 Å². The zero-order valence-electron chi connectivity index (χ0n) is 15.6. The highest BCUT2D eigenvalue weighted by Gasteiger charge is 2.15. The maximum absolute atomic E-state index is 12.5. The predicted molar refractivity (Wildman–Crippen MR) is 112 cm³/mol. The summed E-state index contributed by atoms with van der Waals surface area (Å²) in [7, 11) is -3.95. The van der Waals surface area contributed by atoms with Gasteiger partial charge in [-0.2, -0.15) is 13.5 Å². The van der Waals surface area contributed by atoms with E-state index >= 15 is 0 Å². The molecular weight excluding hydrogens is 406 g/mol. The zero-order chi connectivity index (χ0) is 21.0. The summed E-state index contributed by atoms with van der Waals surface area (Å²) in [6, 6.07) is 20.9. The van der Waals surface area contributed by atoms with Crippen LogP contribution in [0.1, 0.15) is 11.1 Å². The number of nitrogens with one attached hydrogen (secondary N) is 2. The fourth-order valence-electron chi connectivity index (χ4n) is 2.76. The molecule has 4 rings (SSSR count). The Morgan fingerprint density at radius 3 is 2.63 bits per heavy atom. The van der Waals surface area contributed by atoms with Gasteiger partial charge in [0.2, 0.25) is 0 Å². The van der Waals surface area contributed by atoms with Gasteiger partial charge in [-0.25, -0.2) is 9.63 Å². The number of sulfonamides is 1. The van der Waals surface area contributed by atoms with Crippen molar-refractivity contribution in [2.24, 2.45) is 5.10 Å². The Morgan fingerprint density at radius 2 is 1.80 bits per heavy atom. The average Bonchev–Trinajstić information content (AvgIpc) is 3.13. The van der Waals surface area contributed by atoms with E-state index in [0.717, 1.165) is 5.56 Å². The highest BCUT2D eigenvalue weighted by molar-refractivity contribution is 7.89. The molecule has 152 valence electrons. The lowest BCUT2D eigenvalue weighted by molar-refractivity contribution is 0.306. The zero-order valence-corrected chi connectivity index (χ0v) is 16.4. The fourth-order valence-corrected chi connectivity index (χ4v) is 3.57. The number of hydrogen-bond acceptors (Lipinski definition) is 6. The van der Waals surface area contributed by atoms with Crippen molar-refractivity contribution in [3.05, 3.63) is 94.5 Å². The van der Waals surface area contributed by atoms with E-state index in [1.54, 1.807) is 18.2 Å². The van der Waals surface area contributed by atoms with Crippen LogP contribution in [-0.2, 0) is 16.6 Å². The summed E-state index contributed by atoms with van der Waals surface area (Å²) in [4.78, 5) is 15.8. The third-order valence-corrected chi connectivity index (χ3v) is 5.46. The van der Waals surface area contributed by atoms with Crippen molar-refractivity contribution >= 4 is 27.3 Å². The second kappa shape index (κ2) is 8.26. The van der Waals surface area contributed by atoms with E-state index in [2.05, 4.69) is 14.9 Å². The quantitative estimate of drug-likeness (QED) is 0.350. The van der Waals surface area contributed by atoms with Crippen molar-refractivity contribution in [3.8, 4) is 5.75 Å². The van der Waals surface area contributed by atoms with Crippen LogP contribution in [0.25, 0.3) is 11.1 Å². The molecule has 0 fully saturated rings. The summed E-state index contributed by atoms with van der Waals surface area (Å²) in [6.45, 7) is 0.374. The SMILES string of the molecule is O=c1[nH]c2ccc(S(=O)(=O)N/N=C/c3ccccc3OCc3ccccc3)cc2o1. The smallest absolute Gasteiger partial charge is 0.417 e. The topological polar surface area (TPSA) is 114 Å². The molecule has 0 saturated carbocycles. The molecule has 0 amide bonds. The molecule has 4 aromatic rings. The Hall–Kier alpha value is -3.85. The van der Waals surface area contributed by atoms with E-state index < -0.39 is 15.8 Å². The first kappa shape index (κ1) is 19.5. The first-order valence-electron chi connectivity index (χ1n) is 8.95. The molecule has 0 saturated heterocycles. The second-order valence-corrected chi connectivity index (χ2v) is 8.00. The van der Waals surface area contributed by atoms with Gasteiger partial charge < -0.3 is 9.15 Å². The Morgan fingerprint density at radius 1 is 1.03 bits per heavy atom. The molecule has 0 aliphatic rings. The fraction of sp³-hybridized carbons (Fsp3) is 0.0476. The Labute approximate surface area is 171 Å². The number of hydrazone groups is 1. The van der Waals surface area contributed by atoms with Gasteiger partial charge in [0.1, 0.15) is 12.4 Å². The number of ether oxygens (including phenoxy) is 1. The minimum Gasteiger partial charge on any atom is -0.488 e. The monoisotopic (exact) mass is 423 g/mol. The maximum Gasteiger partial charge on any atom is 0.417 e. The van der Waals surface area contributed by atoms with E-state index in [9.17, 15) is 13.2 Å². The molecule has 3 aromatic carbocycles. The average molecular weight is 423 g/mol. The second-order valence-electron chi connectivity index (χ2n) is 6.34. The number of aromatic nitrogens is 1. The van der Waals surface area contributed by atoms with Gasteiger partial charge in [-0.05, 0) is 29.8 Å². The first-order valence-corrected chi connectivity index (χ1v) is 10.4. The summed E-state index contributed by atoms with van der Waals surface area (Å²) >= 11 is 0. The van der Waals surface area contributed by atoms with Gasteiger partial charge in [-0.3, -0.25) is 4.98 Å². The van der Waals surface area contributed by atoms with Gasteiger partial charge in [0.05, 0.1) is 16.6 Å². The Bertz CT molecular complexity index is 1360. The molecule has 0 aliphatic carbocycles. The van der Waals surface area contributed by atoms with Crippen molar-refractivity contribution in [1.29, 1.82) is 0 Å². The van der Waals surface area contributed by atoms with E-state index in [1.165, 1.54) is 24.4 Å². The number of fused-ring (bicyclic) bond motifs is 1. The van der Waals surface area contributed by atoms with Gasteiger partial charge >= 0.3 is 5.76 Å². The number of hydrogen-bond donors (Lipinski definition) is 2. The van der Waals surface area contributed by atoms with Crippen LogP contribution in [-0.4, -0.2) is 19.6 Å². The molecule has 1 heterocycles. The van der Waals surface area contributed by atoms with Gasteiger partial charge in [0.25, 0.3) is 10.0 Å². The molecule has 0 aliphatic heterocycles. The molecule has 0 spiro atoms. The summed E-state index contributed by atoms with van der Waals surface area (Å²) in [5.74, 6) is -0.0857. The summed E-state index contributed by atoms with van der Waals surface area (Å²) in [6.07, 6.45) is 1.37. The Balaban J connectivity index is 1.48. The first-order chi connectivity index (χ1) is 14.5. The molecule has 1 aromatic heterocycles. The van der Waals surface area contributed by atoms with Crippen molar-refractivity contribution in [3.63, 3.8) is 0 Å². The van der Waals surface area contributed by atoms with Crippen LogP contribution in [0.5, 0.6) is 5.75 Å². The number of para-hydroxylation sites is 1. The van der Waals surface area contributed by atoms with Crippen LogP contribution in [0.15, 0.2) is 92.0 Å². The number of H-pyrrole nitrogens is 1. The lowest BCUT2D eigenvalue weighted by atomic mass is 10.2. The van der Waals surface area contributed by atoms with Crippen LogP contribution in [0.4, 0.5) is 0 Å². The number of rotatable bonds is 7. The van der Waals surface area contributed by atoms with E-state index in [-0.39, 0.29) is 10.5 Å². The van der Waals surface area contributed by atoms with Crippen molar-refractivity contribution < 1.29 is 17.6 Å². The minimum absolute atomic E-state index is 0.0801. The van der Waals surface area contributed by atoms with E-state index in [4.69, 9.17) is 9.15 Å². The largest absolute Gasteiger partial charge is 0.488 e. The molecule has 0 bridgehead atoms. The summed E-state index contributed by atoms with van der Waals surface area (Å²) < 4.78 is 35.7. The lowest BCUT2D eigenvalue weighted by Crippen LogP contribution is -2.18. The molecule has 0 radical (unpaired) electrons. The number of aromatic amines is 1. The molecule has 2 N–H and O–H groups in total. The molecule has 30 heavy (non-hydrogen) atoms. The van der Waals surface area contributed by atoms with Crippen LogP contribution in [0.2, 0.25) is 0 Å². The van der Waals surface area contributed by atoms with Gasteiger partial charge in [0.15, 0.2) is 5.58 Å². The van der Waals surface area contributed by atoms with Gasteiger partial charge in [-0.1, -0.05) is 42.5 Å². The third-order valence-electron chi connectivity index (χ3n) is 4.24. The standard InChI is InChI=1S/C21H17N3O5S/c25-21-23-18-11-10-17(12-20(18)29-21)30(26,27)24-22-13-16-8-4-5-9-19(16)28-14-15-6-2-1-3-7-15/h1-13,24H,14H2,(H,23,25)/b22-13+. The predicted octanol–water partition coefficient (Wildman–Crippen LogP) is 3.01. The Kier molecular flexibility index (Phi) is 5.36. The highest BCUT2D eigenvalue weighted by atomic mass is 32.2. The summed E-state index contributed by atoms with van der Waals surface area (Å²) in [5.41, 5.74) is 2.18. The molecular formula is C21H17N3O5S. The molecule has 9 heteroatoms. The highest BCUT2D eigenvalue weighted by Crippen LogP contribution is 2.19. The van der Waals surface area contributed by atoms with Crippen molar-refractivity contribution in [2.75, 3.05) is 0 Å². The molecule has 8 nitrogen and oxygen atoms in total. The molecule has 0 unspecified atom stereocenters. The maximum atomic E-state index is 12.5. The van der Waals surface area contributed by atoms with Gasteiger partial charge in [0, 0.05) is 11.6 Å². The van der Waals surface area contributed by atoms with Crippen molar-refractivity contribution in [1.82, 2.24) is 9.82 Å². The van der Waals surface area contributed by atoms with Crippen LogP contribution in [0, 0.1) is 0 Å². The van der Waals surface area contributed by atoms with Crippen LogP contribution >= 0.6 is 0 Å². The normalized spacial score (nSPS) is 11.7. The van der Waals surface area contributed by atoms with E-state index in [1.807, 2.05) is 36.4 Å². The number of oxazole rings is 1. The number of benzene rings is 3. The van der Waals surface area contributed by atoms with Crippen molar-refractivity contribution in [2.45, 2.75) is 11.5 Å². The van der Waals surface area contributed by atoms with E-state index in [0.29, 0.717) is 23.4 Å². The van der Waals surface area contributed by atoms with Gasteiger partial charge in [-0.15, -0.1) is 0 Å². The number of nitrogens with zero attached hydrogens (tertiary/aromatic N) is 1. The minimum atomic E-state index is -3.95. The third kappa shape index (κ3) is 4.41. The van der Waals surface area contributed by atoms with Crippen LogP contribution in [0.3, 0.4) is 0 Å².